The average Bonchev–Trinajstić information content (AvgIpc) is 2.50. The largest absolute Gasteiger partial charge is 0.394 e. The fourth-order valence-electron chi connectivity index (χ4n) is 2.46. The summed E-state index contributed by atoms with van der Waals surface area (Å²) < 4.78 is 17.5. The van der Waals surface area contributed by atoms with Crippen LogP contribution in [0, 0.1) is 5.92 Å². The zero-order valence-electron chi connectivity index (χ0n) is 16.2. The maximum absolute atomic E-state index is 8.94. The highest BCUT2D eigenvalue weighted by molar-refractivity contribution is 4.64. The highest BCUT2D eigenvalue weighted by Crippen LogP contribution is 2.17. The number of ether oxygens (including phenoxy) is 3. The van der Waals surface area contributed by atoms with E-state index < -0.39 is 0 Å². The summed E-state index contributed by atoms with van der Waals surface area (Å²) in [5, 5.41) is 8.94. The van der Waals surface area contributed by atoms with E-state index >= 15 is 0 Å². The molecule has 0 aromatic rings. The van der Waals surface area contributed by atoms with Gasteiger partial charge in [0, 0.05) is 0 Å². The third-order valence-corrected chi connectivity index (χ3v) is 3.78. The Bertz CT molecular complexity index is 258. The molecule has 0 fully saturated rings. The van der Waals surface area contributed by atoms with Crippen LogP contribution in [0.4, 0.5) is 0 Å². The maximum Gasteiger partial charge on any atom is 0.0784 e. The lowest BCUT2D eigenvalue weighted by molar-refractivity contribution is -0.0939. The van der Waals surface area contributed by atoms with E-state index in [1.807, 2.05) is 13.8 Å². The molecule has 0 rings (SSSR count). The van der Waals surface area contributed by atoms with Crippen molar-refractivity contribution in [1.29, 1.82) is 0 Å². The van der Waals surface area contributed by atoms with Crippen molar-refractivity contribution in [2.75, 3.05) is 19.8 Å². The second kappa shape index (κ2) is 14.2. The summed E-state index contributed by atoms with van der Waals surface area (Å²) in [7, 11) is 0. The highest BCUT2D eigenvalue weighted by Gasteiger charge is 2.16. The third kappa shape index (κ3) is 13.9. The number of hydrogen-bond donors (Lipinski definition) is 1. The SMILES string of the molecule is CCCCCC(CC(C)C)OC(C)COC(C)COC(C)CO. The van der Waals surface area contributed by atoms with Gasteiger partial charge in [-0.15, -0.1) is 0 Å². The van der Waals surface area contributed by atoms with Gasteiger partial charge in [0.15, 0.2) is 0 Å². The van der Waals surface area contributed by atoms with Crippen LogP contribution in [0.2, 0.25) is 0 Å². The van der Waals surface area contributed by atoms with Gasteiger partial charge in [-0.3, -0.25) is 0 Å². The maximum atomic E-state index is 8.94. The van der Waals surface area contributed by atoms with Crippen molar-refractivity contribution in [3.8, 4) is 0 Å². The molecule has 140 valence electrons. The Hall–Kier alpha value is -0.160. The predicted octanol–water partition coefficient (Wildman–Crippen LogP) is 4.19. The van der Waals surface area contributed by atoms with Crippen LogP contribution >= 0.6 is 0 Å². The van der Waals surface area contributed by atoms with Crippen LogP contribution < -0.4 is 0 Å². The van der Waals surface area contributed by atoms with Crippen molar-refractivity contribution in [2.24, 2.45) is 5.92 Å². The van der Waals surface area contributed by atoms with E-state index in [2.05, 4.69) is 27.7 Å². The number of aliphatic hydroxyl groups excluding tert-OH is 1. The Labute approximate surface area is 143 Å². The number of aliphatic hydroxyl groups is 1. The van der Waals surface area contributed by atoms with Gasteiger partial charge < -0.3 is 19.3 Å². The minimum atomic E-state index is -0.135. The first kappa shape index (κ1) is 22.8. The smallest absolute Gasteiger partial charge is 0.0784 e. The summed E-state index contributed by atoms with van der Waals surface area (Å²) in [6, 6.07) is 0. The van der Waals surface area contributed by atoms with Crippen molar-refractivity contribution in [3.63, 3.8) is 0 Å². The number of hydrogen-bond acceptors (Lipinski definition) is 4. The van der Waals surface area contributed by atoms with E-state index in [0.29, 0.717) is 25.2 Å². The normalized spacial score (nSPS) is 17.2. The summed E-state index contributed by atoms with van der Waals surface area (Å²) >= 11 is 0. The Morgan fingerprint density at radius 1 is 0.826 bits per heavy atom. The minimum absolute atomic E-state index is 0.0127. The monoisotopic (exact) mass is 332 g/mol. The van der Waals surface area contributed by atoms with Gasteiger partial charge in [-0.1, -0.05) is 40.0 Å². The molecule has 0 radical (unpaired) electrons. The topological polar surface area (TPSA) is 47.9 Å². The second-order valence-corrected chi connectivity index (χ2v) is 7.16. The van der Waals surface area contributed by atoms with E-state index in [1.165, 1.54) is 19.3 Å². The van der Waals surface area contributed by atoms with Crippen molar-refractivity contribution < 1.29 is 19.3 Å². The van der Waals surface area contributed by atoms with Crippen molar-refractivity contribution in [3.05, 3.63) is 0 Å². The highest BCUT2D eigenvalue weighted by atomic mass is 16.6. The van der Waals surface area contributed by atoms with Crippen LogP contribution in [0.25, 0.3) is 0 Å². The molecule has 4 nitrogen and oxygen atoms in total. The molecule has 0 bridgehead atoms. The zero-order chi connectivity index (χ0) is 17.7. The van der Waals surface area contributed by atoms with Gasteiger partial charge in [-0.05, 0) is 39.5 Å². The third-order valence-electron chi connectivity index (χ3n) is 3.78. The van der Waals surface area contributed by atoms with Gasteiger partial charge in [-0.2, -0.15) is 0 Å². The van der Waals surface area contributed by atoms with E-state index in [9.17, 15) is 0 Å². The molecule has 0 spiro atoms. The van der Waals surface area contributed by atoms with Crippen LogP contribution in [-0.4, -0.2) is 49.3 Å². The molecular formula is C19H40O4. The van der Waals surface area contributed by atoms with Crippen molar-refractivity contribution >= 4 is 0 Å². The summed E-state index contributed by atoms with van der Waals surface area (Å²) in [4.78, 5) is 0. The molecular weight excluding hydrogens is 292 g/mol. The molecule has 0 aliphatic heterocycles. The molecule has 0 aliphatic carbocycles. The zero-order valence-corrected chi connectivity index (χ0v) is 16.2. The van der Waals surface area contributed by atoms with Crippen molar-refractivity contribution in [2.45, 2.75) is 98.1 Å². The fourth-order valence-corrected chi connectivity index (χ4v) is 2.46. The molecule has 0 aromatic carbocycles. The van der Waals surface area contributed by atoms with Gasteiger partial charge >= 0.3 is 0 Å². The summed E-state index contributed by atoms with van der Waals surface area (Å²) in [5.74, 6) is 0.655. The van der Waals surface area contributed by atoms with Gasteiger partial charge in [0.25, 0.3) is 0 Å². The predicted molar refractivity (Wildman–Crippen MR) is 95.8 cm³/mol. The summed E-state index contributed by atoms with van der Waals surface area (Å²) in [5.41, 5.74) is 0. The van der Waals surface area contributed by atoms with Gasteiger partial charge in [-0.25, -0.2) is 0 Å². The molecule has 23 heavy (non-hydrogen) atoms. The van der Waals surface area contributed by atoms with E-state index in [1.54, 1.807) is 0 Å². The quantitative estimate of drug-likeness (QED) is 0.457. The fraction of sp³-hybridized carbons (Fsp3) is 1.00. The molecule has 4 atom stereocenters. The molecule has 1 N–H and O–H groups in total. The Morgan fingerprint density at radius 2 is 1.43 bits per heavy atom. The molecule has 0 saturated carbocycles. The van der Waals surface area contributed by atoms with Crippen LogP contribution in [0.1, 0.15) is 73.6 Å². The van der Waals surface area contributed by atoms with E-state index in [4.69, 9.17) is 19.3 Å². The molecule has 4 unspecified atom stereocenters. The number of rotatable bonds is 15. The van der Waals surface area contributed by atoms with Crippen molar-refractivity contribution in [1.82, 2.24) is 0 Å². The van der Waals surface area contributed by atoms with Gasteiger partial charge in [0.05, 0.1) is 44.2 Å². The van der Waals surface area contributed by atoms with E-state index in [-0.39, 0.29) is 24.9 Å². The first-order valence-electron chi connectivity index (χ1n) is 9.38. The van der Waals surface area contributed by atoms with Crippen LogP contribution in [0.5, 0.6) is 0 Å². The molecule has 4 heteroatoms. The van der Waals surface area contributed by atoms with Crippen LogP contribution in [0.3, 0.4) is 0 Å². The van der Waals surface area contributed by atoms with Gasteiger partial charge in [0.1, 0.15) is 0 Å². The van der Waals surface area contributed by atoms with Gasteiger partial charge in [0.2, 0.25) is 0 Å². The lowest BCUT2D eigenvalue weighted by Crippen LogP contribution is -2.29. The Morgan fingerprint density at radius 3 is 2.00 bits per heavy atom. The number of unbranched alkanes of at least 4 members (excludes halogenated alkanes) is 2. The van der Waals surface area contributed by atoms with E-state index in [0.717, 1.165) is 12.8 Å². The molecule has 0 amide bonds. The first-order valence-corrected chi connectivity index (χ1v) is 9.38. The average molecular weight is 333 g/mol. The molecule has 0 aromatic heterocycles. The Kier molecular flexibility index (Phi) is 14.1. The lowest BCUT2D eigenvalue weighted by atomic mass is 10.0. The van der Waals surface area contributed by atoms with Crippen LogP contribution in [0.15, 0.2) is 0 Å². The second-order valence-electron chi connectivity index (χ2n) is 7.16. The molecule has 0 saturated heterocycles. The summed E-state index contributed by atoms with van der Waals surface area (Å²) in [6.07, 6.45) is 6.33. The molecule has 0 aliphatic rings. The summed E-state index contributed by atoms with van der Waals surface area (Å²) in [6.45, 7) is 13.8. The Balaban J connectivity index is 4.02. The standard InChI is InChI=1S/C19H40O4/c1-7-8-9-10-19(11-15(2)3)23-18(6)14-22-17(5)13-21-16(4)12-20/h15-20H,7-14H2,1-6H3. The minimum Gasteiger partial charge on any atom is -0.394 e. The van der Waals surface area contributed by atoms with Crippen LogP contribution in [-0.2, 0) is 14.2 Å². The molecule has 0 heterocycles. The lowest BCUT2D eigenvalue weighted by Gasteiger charge is -2.25. The first-order chi connectivity index (χ1) is 10.9.